The predicted octanol–water partition coefficient (Wildman–Crippen LogP) is 3.20. The molecule has 21 heavy (non-hydrogen) atoms. The summed E-state index contributed by atoms with van der Waals surface area (Å²) in [5, 5.41) is 0. The Balaban J connectivity index is 1.61. The molecule has 1 aromatic rings. The summed E-state index contributed by atoms with van der Waals surface area (Å²) >= 11 is 0. The molecule has 2 N–H and O–H groups in total. The zero-order valence-corrected chi connectivity index (χ0v) is 12.6. The van der Waals surface area contributed by atoms with E-state index < -0.39 is 0 Å². The Morgan fingerprint density at radius 2 is 1.86 bits per heavy atom. The molecule has 4 heteroatoms. The molecule has 1 aromatic heterocycles. The van der Waals surface area contributed by atoms with Crippen LogP contribution in [0, 0.1) is 5.92 Å². The minimum atomic E-state index is 0.218. The lowest BCUT2D eigenvalue weighted by Gasteiger charge is -2.44. The molecule has 1 aliphatic heterocycles. The second-order valence-electron chi connectivity index (χ2n) is 7.05. The van der Waals surface area contributed by atoms with Crippen molar-refractivity contribution in [2.24, 2.45) is 5.92 Å². The number of nitrogen functional groups attached to an aromatic ring is 1. The number of anilines is 1. The van der Waals surface area contributed by atoms with E-state index >= 15 is 0 Å². The Morgan fingerprint density at radius 3 is 2.67 bits per heavy atom. The SMILES string of the molecule is Nc1cc(C(=O)N2CCC[C@H]3CCCC[C@H]32)n(C2CC2)c1. The average Bonchev–Trinajstić information content (AvgIpc) is 3.28. The van der Waals surface area contributed by atoms with E-state index in [1.807, 2.05) is 12.3 Å². The number of fused-ring (bicyclic) bond motifs is 1. The highest BCUT2D eigenvalue weighted by Gasteiger charge is 2.38. The molecule has 2 atom stereocenters. The number of amides is 1. The summed E-state index contributed by atoms with van der Waals surface area (Å²) in [6.45, 7) is 0.926. The molecule has 1 saturated heterocycles. The van der Waals surface area contributed by atoms with Crippen molar-refractivity contribution in [1.82, 2.24) is 9.47 Å². The summed E-state index contributed by atoms with van der Waals surface area (Å²) in [5.41, 5.74) is 7.50. The maximum Gasteiger partial charge on any atom is 0.270 e. The third-order valence-electron chi connectivity index (χ3n) is 5.53. The lowest BCUT2D eigenvalue weighted by atomic mass is 9.78. The van der Waals surface area contributed by atoms with E-state index in [4.69, 9.17) is 5.73 Å². The van der Waals surface area contributed by atoms with Gasteiger partial charge < -0.3 is 15.2 Å². The Kier molecular flexibility index (Phi) is 3.20. The van der Waals surface area contributed by atoms with Crippen LogP contribution in [0.2, 0.25) is 0 Å². The minimum Gasteiger partial charge on any atom is -0.397 e. The van der Waals surface area contributed by atoms with Crippen molar-refractivity contribution < 1.29 is 4.79 Å². The number of carbonyl (C=O) groups excluding carboxylic acids is 1. The molecule has 0 radical (unpaired) electrons. The van der Waals surface area contributed by atoms with E-state index in [2.05, 4.69) is 9.47 Å². The molecule has 4 nitrogen and oxygen atoms in total. The molecule has 0 spiro atoms. The molecule has 1 amide bonds. The van der Waals surface area contributed by atoms with Crippen LogP contribution >= 0.6 is 0 Å². The van der Waals surface area contributed by atoms with Crippen molar-refractivity contribution in [3.05, 3.63) is 18.0 Å². The number of carbonyl (C=O) groups is 1. The van der Waals surface area contributed by atoms with Crippen molar-refractivity contribution >= 4 is 11.6 Å². The van der Waals surface area contributed by atoms with Gasteiger partial charge in [-0.05, 0) is 50.5 Å². The van der Waals surface area contributed by atoms with Gasteiger partial charge >= 0.3 is 0 Å². The summed E-state index contributed by atoms with van der Waals surface area (Å²) < 4.78 is 2.13. The third kappa shape index (κ3) is 2.34. The van der Waals surface area contributed by atoms with Gasteiger partial charge in [-0.3, -0.25) is 4.79 Å². The van der Waals surface area contributed by atoms with Gasteiger partial charge in [0.1, 0.15) is 5.69 Å². The maximum atomic E-state index is 13.1. The van der Waals surface area contributed by atoms with Gasteiger partial charge in [0, 0.05) is 24.8 Å². The van der Waals surface area contributed by atoms with Crippen molar-refractivity contribution in [2.45, 2.75) is 63.5 Å². The smallest absolute Gasteiger partial charge is 0.270 e. The average molecular weight is 287 g/mol. The second kappa shape index (κ2) is 5.08. The topological polar surface area (TPSA) is 51.3 Å². The fourth-order valence-electron chi connectivity index (χ4n) is 4.35. The largest absolute Gasteiger partial charge is 0.397 e. The number of aromatic nitrogens is 1. The molecule has 3 fully saturated rings. The van der Waals surface area contributed by atoms with Crippen LogP contribution in [0.4, 0.5) is 5.69 Å². The number of piperidine rings is 1. The molecule has 0 bridgehead atoms. The molecule has 4 rings (SSSR count). The minimum absolute atomic E-state index is 0.218. The number of nitrogens with zero attached hydrogens (tertiary/aromatic N) is 2. The number of hydrogen-bond acceptors (Lipinski definition) is 2. The Hall–Kier alpha value is -1.45. The molecule has 2 saturated carbocycles. The first-order chi connectivity index (χ1) is 10.2. The predicted molar refractivity (Wildman–Crippen MR) is 83.1 cm³/mol. The summed E-state index contributed by atoms with van der Waals surface area (Å²) in [6.07, 6.45) is 11.9. The van der Waals surface area contributed by atoms with Gasteiger partial charge in [-0.1, -0.05) is 12.8 Å². The van der Waals surface area contributed by atoms with Crippen molar-refractivity contribution in [3.63, 3.8) is 0 Å². The van der Waals surface area contributed by atoms with Gasteiger partial charge in [-0.15, -0.1) is 0 Å². The summed E-state index contributed by atoms with van der Waals surface area (Å²) in [6, 6.07) is 2.87. The molecule has 2 aliphatic carbocycles. The van der Waals surface area contributed by atoms with E-state index in [1.165, 1.54) is 44.9 Å². The molecular formula is C17H25N3O. The zero-order chi connectivity index (χ0) is 14.4. The van der Waals surface area contributed by atoms with Crippen LogP contribution in [0.1, 0.15) is 67.9 Å². The van der Waals surface area contributed by atoms with E-state index in [-0.39, 0.29) is 5.91 Å². The fraction of sp³-hybridized carbons (Fsp3) is 0.706. The standard InChI is InChI=1S/C17H25N3O/c18-13-10-16(20(11-13)14-7-8-14)17(21)19-9-3-5-12-4-1-2-6-15(12)19/h10-12,14-15H,1-9,18H2/t12-,15-/m1/s1. The molecule has 3 aliphatic rings. The van der Waals surface area contributed by atoms with E-state index in [0.717, 1.165) is 30.3 Å². The molecular weight excluding hydrogens is 262 g/mol. The number of likely N-dealkylation sites (tertiary alicyclic amines) is 1. The maximum absolute atomic E-state index is 13.1. The van der Waals surface area contributed by atoms with Crippen LogP contribution in [0.5, 0.6) is 0 Å². The second-order valence-corrected chi connectivity index (χ2v) is 7.05. The Bertz CT molecular complexity index is 544. The first kappa shape index (κ1) is 13.2. The van der Waals surface area contributed by atoms with Gasteiger partial charge in [0.2, 0.25) is 0 Å². The van der Waals surface area contributed by atoms with Crippen LogP contribution in [-0.2, 0) is 0 Å². The van der Waals surface area contributed by atoms with Gasteiger partial charge in [0.05, 0.1) is 5.69 Å². The summed E-state index contributed by atoms with van der Waals surface area (Å²) in [4.78, 5) is 15.2. The first-order valence-electron chi connectivity index (χ1n) is 8.52. The van der Waals surface area contributed by atoms with Crippen LogP contribution in [0.15, 0.2) is 12.3 Å². The molecule has 0 unspecified atom stereocenters. The van der Waals surface area contributed by atoms with Gasteiger partial charge in [0.15, 0.2) is 0 Å². The lowest BCUT2D eigenvalue weighted by Crippen LogP contribution is -2.50. The van der Waals surface area contributed by atoms with E-state index in [1.54, 1.807) is 0 Å². The van der Waals surface area contributed by atoms with Crippen LogP contribution < -0.4 is 5.73 Å². The monoisotopic (exact) mass is 287 g/mol. The molecule has 114 valence electrons. The van der Waals surface area contributed by atoms with E-state index in [9.17, 15) is 4.79 Å². The fourth-order valence-corrected chi connectivity index (χ4v) is 4.35. The highest BCUT2D eigenvalue weighted by molar-refractivity contribution is 5.94. The van der Waals surface area contributed by atoms with Crippen molar-refractivity contribution in [1.29, 1.82) is 0 Å². The third-order valence-corrected chi connectivity index (χ3v) is 5.53. The van der Waals surface area contributed by atoms with Crippen LogP contribution in [0.25, 0.3) is 0 Å². The number of nitrogens with two attached hydrogens (primary N) is 1. The Morgan fingerprint density at radius 1 is 1.10 bits per heavy atom. The van der Waals surface area contributed by atoms with Gasteiger partial charge in [-0.25, -0.2) is 0 Å². The normalized spacial score (nSPS) is 29.2. The molecule has 0 aromatic carbocycles. The van der Waals surface area contributed by atoms with Crippen LogP contribution in [-0.4, -0.2) is 28.0 Å². The Labute approximate surface area is 126 Å². The quantitative estimate of drug-likeness (QED) is 0.908. The van der Waals surface area contributed by atoms with Crippen LogP contribution in [0.3, 0.4) is 0 Å². The van der Waals surface area contributed by atoms with Gasteiger partial charge in [0.25, 0.3) is 5.91 Å². The highest BCUT2D eigenvalue weighted by atomic mass is 16.2. The molecule has 2 heterocycles. The van der Waals surface area contributed by atoms with Crippen molar-refractivity contribution in [2.75, 3.05) is 12.3 Å². The lowest BCUT2D eigenvalue weighted by molar-refractivity contribution is 0.0380. The van der Waals surface area contributed by atoms with E-state index in [0.29, 0.717) is 12.1 Å². The first-order valence-corrected chi connectivity index (χ1v) is 8.52. The van der Waals surface area contributed by atoms with Gasteiger partial charge in [-0.2, -0.15) is 0 Å². The van der Waals surface area contributed by atoms with Crippen molar-refractivity contribution in [3.8, 4) is 0 Å². The number of hydrogen-bond donors (Lipinski definition) is 1. The number of rotatable bonds is 2. The highest BCUT2D eigenvalue weighted by Crippen LogP contribution is 2.39. The zero-order valence-electron chi connectivity index (χ0n) is 12.6. The summed E-state index contributed by atoms with van der Waals surface area (Å²) in [5.74, 6) is 0.952. The summed E-state index contributed by atoms with van der Waals surface area (Å²) in [7, 11) is 0.